The molecule has 0 aliphatic carbocycles. The van der Waals surface area contributed by atoms with E-state index in [9.17, 15) is 9.18 Å². The molecular weight excluding hydrogens is 331 g/mol. The zero-order valence-corrected chi connectivity index (χ0v) is 15.3. The Balaban J connectivity index is 1.79. The molecule has 2 aromatic rings. The highest BCUT2D eigenvalue weighted by Gasteiger charge is 2.32. The highest BCUT2D eigenvalue weighted by molar-refractivity contribution is 5.83. The summed E-state index contributed by atoms with van der Waals surface area (Å²) < 4.78 is 19.0. The average Bonchev–Trinajstić information content (AvgIpc) is 2.69. The summed E-state index contributed by atoms with van der Waals surface area (Å²) in [5.41, 5.74) is 1.88. The second-order valence-corrected chi connectivity index (χ2v) is 6.58. The number of ether oxygens (including phenoxy) is 1. The van der Waals surface area contributed by atoms with Crippen LogP contribution in [0.3, 0.4) is 0 Å². The first-order valence-corrected chi connectivity index (χ1v) is 9.01. The molecule has 0 saturated carbocycles. The minimum Gasteiger partial charge on any atom is -0.370 e. The van der Waals surface area contributed by atoms with Crippen LogP contribution >= 0.6 is 0 Å². The second kappa shape index (κ2) is 8.43. The number of benzene rings is 2. The summed E-state index contributed by atoms with van der Waals surface area (Å²) in [6.07, 6.45) is -0.225. The van der Waals surface area contributed by atoms with E-state index in [1.807, 2.05) is 49.2 Å². The number of likely N-dealkylation sites (N-methyl/N-ethyl adjacent to an activating group) is 1. The van der Waals surface area contributed by atoms with Crippen molar-refractivity contribution in [3.63, 3.8) is 0 Å². The van der Waals surface area contributed by atoms with E-state index in [0.717, 1.165) is 17.7 Å². The van der Waals surface area contributed by atoms with Gasteiger partial charge in [0.15, 0.2) is 0 Å². The van der Waals surface area contributed by atoms with Gasteiger partial charge < -0.3 is 9.64 Å². The van der Waals surface area contributed by atoms with Crippen LogP contribution in [0.2, 0.25) is 0 Å². The molecule has 1 heterocycles. The maximum Gasteiger partial charge on any atom is 0.244 e. The minimum absolute atomic E-state index is 0.0796. The fourth-order valence-electron chi connectivity index (χ4n) is 3.30. The zero-order valence-electron chi connectivity index (χ0n) is 15.3. The molecule has 0 bridgehead atoms. The topological polar surface area (TPSA) is 32.8 Å². The van der Waals surface area contributed by atoms with Gasteiger partial charge in [-0.1, -0.05) is 49.4 Å². The quantitative estimate of drug-likeness (QED) is 0.823. The van der Waals surface area contributed by atoms with Crippen LogP contribution < -0.4 is 0 Å². The summed E-state index contributed by atoms with van der Waals surface area (Å²) in [5.74, 6) is -0.192. The third-order valence-electron chi connectivity index (χ3n) is 4.91. The molecule has 5 heteroatoms. The Morgan fingerprint density at radius 2 is 1.92 bits per heavy atom. The van der Waals surface area contributed by atoms with Gasteiger partial charge in [0.25, 0.3) is 0 Å². The maximum atomic E-state index is 13.3. The van der Waals surface area contributed by atoms with Crippen LogP contribution in [0.15, 0.2) is 54.6 Å². The van der Waals surface area contributed by atoms with Crippen molar-refractivity contribution in [2.45, 2.75) is 19.1 Å². The number of carbonyl (C=O) groups excluding carboxylic acids is 1. The molecule has 3 rings (SSSR count). The highest BCUT2D eigenvalue weighted by Crippen LogP contribution is 2.27. The molecule has 0 radical (unpaired) electrons. The fourth-order valence-corrected chi connectivity index (χ4v) is 3.30. The summed E-state index contributed by atoms with van der Waals surface area (Å²) in [6, 6.07) is 15.8. The predicted molar refractivity (Wildman–Crippen MR) is 99.2 cm³/mol. The Labute approximate surface area is 154 Å². The number of hydrogen-bond acceptors (Lipinski definition) is 3. The number of carbonyl (C=O) groups is 1. The van der Waals surface area contributed by atoms with Crippen molar-refractivity contribution in [2.24, 2.45) is 0 Å². The predicted octanol–water partition coefficient (Wildman–Crippen LogP) is 3.42. The molecule has 4 nitrogen and oxygen atoms in total. The number of hydrogen-bond donors (Lipinski definition) is 0. The van der Waals surface area contributed by atoms with Gasteiger partial charge in [-0.2, -0.15) is 0 Å². The first kappa shape index (κ1) is 18.5. The number of nitrogens with zero attached hydrogens (tertiary/aromatic N) is 2. The van der Waals surface area contributed by atoms with Gasteiger partial charge in [-0.25, -0.2) is 4.39 Å². The van der Waals surface area contributed by atoms with Crippen LogP contribution in [0.1, 0.15) is 30.2 Å². The summed E-state index contributed by atoms with van der Waals surface area (Å²) in [6.45, 7) is 4.34. The number of amides is 1. The lowest BCUT2D eigenvalue weighted by Crippen LogP contribution is -2.47. The molecule has 0 spiro atoms. The van der Waals surface area contributed by atoms with E-state index >= 15 is 0 Å². The average molecular weight is 356 g/mol. The molecule has 0 N–H and O–H groups in total. The van der Waals surface area contributed by atoms with Crippen LogP contribution in [-0.2, 0) is 9.53 Å². The standard InChI is InChI=1S/C21H25FN2O2/c1-3-23(2)20(17-7-5-4-6-8-17)21(25)24-13-14-26-19(15-24)16-9-11-18(22)12-10-16/h4-12,19-20H,3,13-15H2,1-2H3. The summed E-state index contributed by atoms with van der Waals surface area (Å²) in [7, 11) is 1.97. The van der Waals surface area contributed by atoms with Gasteiger partial charge >= 0.3 is 0 Å². The monoisotopic (exact) mass is 356 g/mol. The van der Waals surface area contributed by atoms with E-state index in [-0.39, 0.29) is 23.9 Å². The molecule has 1 aliphatic heterocycles. The zero-order chi connectivity index (χ0) is 18.5. The minimum atomic E-state index is -0.312. The number of morpholine rings is 1. The molecule has 2 aromatic carbocycles. The van der Waals surface area contributed by atoms with Crippen molar-refractivity contribution >= 4 is 5.91 Å². The van der Waals surface area contributed by atoms with Gasteiger partial charge in [0, 0.05) is 6.54 Å². The van der Waals surface area contributed by atoms with Crippen molar-refractivity contribution < 1.29 is 13.9 Å². The molecule has 1 amide bonds. The summed E-state index contributed by atoms with van der Waals surface area (Å²) >= 11 is 0. The SMILES string of the molecule is CCN(C)C(C(=O)N1CCOC(c2ccc(F)cc2)C1)c1ccccc1. The van der Waals surface area contributed by atoms with Crippen LogP contribution in [0, 0.1) is 5.82 Å². The Hall–Kier alpha value is -2.24. The van der Waals surface area contributed by atoms with Crippen molar-refractivity contribution in [1.29, 1.82) is 0 Å². The molecule has 26 heavy (non-hydrogen) atoms. The number of rotatable bonds is 5. The third kappa shape index (κ3) is 4.11. The molecule has 1 saturated heterocycles. The van der Waals surface area contributed by atoms with Crippen LogP contribution in [0.4, 0.5) is 4.39 Å². The molecule has 1 aliphatic rings. The lowest BCUT2D eigenvalue weighted by molar-refractivity contribution is -0.144. The van der Waals surface area contributed by atoms with E-state index in [1.165, 1.54) is 12.1 Å². The normalized spacial score (nSPS) is 18.8. The van der Waals surface area contributed by atoms with Crippen molar-refractivity contribution in [2.75, 3.05) is 33.3 Å². The molecule has 1 fully saturated rings. The van der Waals surface area contributed by atoms with Crippen molar-refractivity contribution in [3.8, 4) is 0 Å². The molecule has 2 atom stereocenters. The van der Waals surface area contributed by atoms with Crippen LogP contribution in [-0.4, -0.2) is 49.0 Å². The lowest BCUT2D eigenvalue weighted by atomic mass is 10.0. The first-order valence-electron chi connectivity index (χ1n) is 9.01. The van der Waals surface area contributed by atoms with Crippen LogP contribution in [0.25, 0.3) is 0 Å². The van der Waals surface area contributed by atoms with Crippen LogP contribution in [0.5, 0.6) is 0 Å². The first-order chi connectivity index (χ1) is 12.6. The van der Waals surface area contributed by atoms with Gasteiger partial charge in [-0.3, -0.25) is 9.69 Å². The van der Waals surface area contributed by atoms with Gasteiger partial charge in [0.05, 0.1) is 13.2 Å². The van der Waals surface area contributed by atoms with Crippen molar-refractivity contribution in [3.05, 3.63) is 71.5 Å². The van der Waals surface area contributed by atoms with Gasteiger partial charge in [-0.05, 0) is 36.9 Å². The Morgan fingerprint density at radius 3 is 2.58 bits per heavy atom. The lowest BCUT2D eigenvalue weighted by Gasteiger charge is -2.37. The number of halogens is 1. The second-order valence-electron chi connectivity index (χ2n) is 6.58. The fraction of sp³-hybridized carbons (Fsp3) is 0.381. The molecule has 138 valence electrons. The maximum absolute atomic E-state index is 13.3. The van der Waals surface area contributed by atoms with E-state index in [0.29, 0.717) is 19.7 Å². The van der Waals surface area contributed by atoms with Crippen molar-refractivity contribution in [1.82, 2.24) is 9.80 Å². The third-order valence-corrected chi connectivity index (χ3v) is 4.91. The van der Waals surface area contributed by atoms with E-state index < -0.39 is 0 Å². The smallest absolute Gasteiger partial charge is 0.244 e. The van der Waals surface area contributed by atoms with E-state index in [2.05, 4.69) is 4.90 Å². The molecule has 0 aromatic heterocycles. The summed E-state index contributed by atoms with van der Waals surface area (Å²) in [5, 5.41) is 0. The highest BCUT2D eigenvalue weighted by atomic mass is 19.1. The Kier molecular flexibility index (Phi) is 6.01. The van der Waals surface area contributed by atoms with Gasteiger partial charge in [0.2, 0.25) is 5.91 Å². The van der Waals surface area contributed by atoms with Gasteiger partial charge in [-0.15, -0.1) is 0 Å². The largest absolute Gasteiger partial charge is 0.370 e. The van der Waals surface area contributed by atoms with E-state index in [1.54, 1.807) is 12.1 Å². The Morgan fingerprint density at radius 1 is 1.23 bits per heavy atom. The Bertz CT molecular complexity index is 721. The van der Waals surface area contributed by atoms with E-state index in [4.69, 9.17) is 4.74 Å². The van der Waals surface area contributed by atoms with Gasteiger partial charge in [0.1, 0.15) is 18.0 Å². The molecule has 2 unspecified atom stereocenters. The summed E-state index contributed by atoms with van der Waals surface area (Å²) in [4.78, 5) is 17.2. The molecular formula is C21H25FN2O2.